The number of anilines is 1. The normalized spacial score (nSPS) is 17.5. The maximum absolute atomic E-state index is 12.5. The van der Waals surface area contributed by atoms with Crippen molar-refractivity contribution in [2.75, 3.05) is 11.9 Å². The zero-order valence-electron chi connectivity index (χ0n) is 12.4. The van der Waals surface area contributed by atoms with Gasteiger partial charge in [0.25, 0.3) is 5.56 Å². The van der Waals surface area contributed by atoms with E-state index in [1.807, 2.05) is 12.1 Å². The molecule has 1 unspecified atom stereocenters. The van der Waals surface area contributed by atoms with Gasteiger partial charge >= 0.3 is 6.03 Å². The Balaban J connectivity index is 1.80. The van der Waals surface area contributed by atoms with Crippen LogP contribution in [0.15, 0.2) is 47.7 Å². The standard InChI is InChI=1S/C16H18N4O2/c1-19-9-3-6-13(15(19)21)18-16(22)20-10-4-7-14(20)12-5-2-8-17-11-12/h2-3,5-6,8-9,11,14H,4,7,10H2,1H3,(H,18,22). The summed E-state index contributed by atoms with van der Waals surface area (Å²) in [4.78, 5) is 30.4. The molecule has 1 aliphatic rings. The SMILES string of the molecule is Cn1cccc(NC(=O)N2CCCC2c2cccnc2)c1=O. The van der Waals surface area contributed by atoms with Crippen molar-refractivity contribution in [2.45, 2.75) is 18.9 Å². The van der Waals surface area contributed by atoms with Crippen LogP contribution in [-0.2, 0) is 7.05 Å². The first-order chi connectivity index (χ1) is 10.7. The lowest BCUT2D eigenvalue weighted by molar-refractivity contribution is 0.207. The molecule has 1 fully saturated rings. The molecule has 0 radical (unpaired) electrons. The topological polar surface area (TPSA) is 67.2 Å². The summed E-state index contributed by atoms with van der Waals surface area (Å²) < 4.78 is 1.44. The largest absolute Gasteiger partial charge is 0.322 e. The van der Waals surface area contributed by atoms with Gasteiger partial charge in [-0.25, -0.2) is 4.79 Å². The van der Waals surface area contributed by atoms with E-state index in [0.29, 0.717) is 12.2 Å². The third-order valence-corrected chi connectivity index (χ3v) is 3.95. The third-order valence-electron chi connectivity index (χ3n) is 3.95. The number of hydrogen-bond donors (Lipinski definition) is 1. The van der Waals surface area contributed by atoms with E-state index in [2.05, 4.69) is 10.3 Å². The Kier molecular flexibility index (Phi) is 3.91. The fourth-order valence-corrected chi connectivity index (χ4v) is 2.81. The van der Waals surface area contributed by atoms with Crippen LogP contribution in [0.3, 0.4) is 0 Å². The van der Waals surface area contributed by atoms with Crippen LogP contribution in [0.1, 0.15) is 24.4 Å². The second-order valence-corrected chi connectivity index (χ2v) is 5.41. The Bertz CT molecular complexity index is 726. The predicted molar refractivity (Wildman–Crippen MR) is 83.6 cm³/mol. The number of aromatic nitrogens is 2. The van der Waals surface area contributed by atoms with Crippen LogP contribution in [0, 0.1) is 0 Å². The Hall–Kier alpha value is -2.63. The van der Waals surface area contributed by atoms with E-state index >= 15 is 0 Å². The highest BCUT2D eigenvalue weighted by Gasteiger charge is 2.30. The molecule has 114 valence electrons. The van der Waals surface area contributed by atoms with Crippen molar-refractivity contribution < 1.29 is 4.79 Å². The van der Waals surface area contributed by atoms with Crippen LogP contribution < -0.4 is 10.9 Å². The number of carbonyl (C=O) groups excluding carboxylic acids is 1. The van der Waals surface area contributed by atoms with Crippen LogP contribution in [-0.4, -0.2) is 27.0 Å². The number of pyridine rings is 2. The molecular weight excluding hydrogens is 280 g/mol. The highest BCUT2D eigenvalue weighted by atomic mass is 16.2. The lowest BCUT2D eigenvalue weighted by Crippen LogP contribution is -2.36. The van der Waals surface area contributed by atoms with Crippen LogP contribution in [0.4, 0.5) is 10.5 Å². The molecule has 2 amide bonds. The van der Waals surface area contributed by atoms with E-state index < -0.39 is 0 Å². The summed E-state index contributed by atoms with van der Waals surface area (Å²) in [6.45, 7) is 0.679. The zero-order chi connectivity index (χ0) is 15.5. The fraction of sp³-hybridized carbons (Fsp3) is 0.312. The molecule has 22 heavy (non-hydrogen) atoms. The highest BCUT2D eigenvalue weighted by Crippen LogP contribution is 2.31. The summed E-state index contributed by atoms with van der Waals surface area (Å²) in [6.07, 6.45) is 7.02. The molecule has 1 saturated heterocycles. The molecule has 6 nitrogen and oxygen atoms in total. The van der Waals surface area contributed by atoms with E-state index in [9.17, 15) is 9.59 Å². The summed E-state index contributed by atoms with van der Waals surface area (Å²) in [6, 6.07) is 6.98. The molecule has 6 heteroatoms. The van der Waals surface area contributed by atoms with Crippen molar-refractivity contribution in [3.8, 4) is 0 Å². The molecule has 0 bridgehead atoms. The van der Waals surface area contributed by atoms with Crippen molar-refractivity contribution in [1.29, 1.82) is 0 Å². The monoisotopic (exact) mass is 298 g/mol. The second kappa shape index (κ2) is 6.01. The van der Waals surface area contributed by atoms with Gasteiger partial charge < -0.3 is 14.8 Å². The number of amides is 2. The number of hydrogen-bond acceptors (Lipinski definition) is 3. The molecule has 3 heterocycles. The second-order valence-electron chi connectivity index (χ2n) is 5.41. The molecule has 1 aliphatic heterocycles. The number of rotatable bonds is 2. The van der Waals surface area contributed by atoms with Gasteiger partial charge in [0.2, 0.25) is 0 Å². The fourth-order valence-electron chi connectivity index (χ4n) is 2.81. The average molecular weight is 298 g/mol. The van der Waals surface area contributed by atoms with Crippen molar-refractivity contribution >= 4 is 11.7 Å². The number of nitrogens with zero attached hydrogens (tertiary/aromatic N) is 3. The minimum absolute atomic E-state index is 0.0151. The average Bonchev–Trinajstić information content (AvgIpc) is 3.02. The molecule has 0 spiro atoms. The van der Waals surface area contributed by atoms with Crippen LogP contribution >= 0.6 is 0 Å². The first kappa shape index (κ1) is 14.3. The first-order valence-electron chi connectivity index (χ1n) is 7.30. The molecule has 2 aromatic rings. The minimum atomic E-state index is -0.241. The van der Waals surface area contributed by atoms with Gasteiger partial charge in [0.05, 0.1) is 6.04 Å². The van der Waals surface area contributed by atoms with Gasteiger partial charge in [0.15, 0.2) is 0 Å². The number of aryl methyl sites for hydroxylation is 1. The number of urea groups is 1. The van der Waals surface area contributed by atoms with E-state index in [4.69, 9.17) is 0 Å². The highest BCUT2D eigenvalue weighted by molar-refractivity contribution is 5.89. The van der Waals surface area contributed by atoms with Gasteiger partial charge in [-0.2, -0.15) is 0 Å². The molecule has 0 aliphatic carbocycles. The zero-order valence-corrected chi connectivity index (χ0v) is 12.4. The smallest absolute Gasteiger partial charge is 0.317 e. The number of nitrogens with one attached hydrogen (secondary N) is 1. The Morgan fingerprint density at radius 3 is 3.00 bits per heavy atom. The Morgan fingerprint density at radius 2 is 2.23 bits per heavy atom. The van der Waals surface area contributed by atoms with E-state index in [0.717, 1.165) is 18.4 Å². The summed E-state index contributed by atoms with van der Waals surface area (Å²) in [7, 11) is 1.66. The maximum atomic E-state index is 12.5. The first-order valence-corrected chi connectivity index (χ1v) is 7.30. The van der Waals surface area contributed by atoms with E-state index in [1.165, 1.54) is 4.57 Å². The van der Waals surface area contributed by atoms with Gasteiger partial charge in [-0.05, 0) is 36.6 Å². The quantitative estimate of drug-likeness (QED) is 0.923. The Morgan fingerprint density at radius 1 is 1.36 bits per heavy atom. The summed E-state index contributed by atoms with van der Waals surface area (Å²) in [5.41, 5.74) is 1.11. The van der Waals surface area contributed by atoms with E-state index in [-0.39, 0.29) is 17.6 Å². The maximum Gasteiger partial charge on any atom is 0.322 e. The molecular formula is C16H18N4O2. The van der Waals surface area contributed by atoms with Gasteiger partial charge in [-0.3, -0.25) is 9.78 Å². The third kappa shape index (κ3) is 2.72. The molecule has 1 N–H and O–H groups in total. The van der Waals surface area contributed by atoms with Crippen molar-refractivity contribution in [2.24, 2.45) is 7.05 Å². The lowest BCUT2D eigenvalue weighted by atomic mass is 10.1. The number of carbonyl (C=O) groups is 1. The molecule has 0 saturated carbocycles. The number of likely N-dealkylation sites (tertiary alicyclic amines) is 1. The summed E-state index contributed by atoms with van der Waals surface area (Å²) in [5, 5.41) is 2.73. The van der Waals surface area contributed by atoms with Crippen LogP contribution in [0.2, 0.25) is 0 Å². The van der Waals surface area contributed by atoms with Gasteiger partial charge in [0.1, 0.15) is 5.69 Å². The minimum Gasteiger partial charge on any atom is -0.317 e. The summed E-state index contributed by atoms with van der Waals surface area (Å²) >= 11 is 0. The molecule has 3 rings (SSSR count). The van der Waals surface area contributed by atoms with Crippen LogP contribution in [0.25, 0.3) is 0 Å². The lowest BCUT2D eigenvalue weighted by Gasteiger charge is -2.25. The predicted octanol–water partition coefficient (Wildman–Crippen LogP) is 2.15. The Labute approximate surface area is 128 Å². The molecule has 1 atom stereocenters. The molecule has 0 aromatic carbocycles. The van der Waals surface area contributed by atoms with Gasteiger partial charge in [0, 0.05) is 32.2 Å². The van der Waals surface area contributed by atoms with Gasteiger partial charge in [-0.1, -0.05) is 6.07 Å². The van der Waals surface area contributed by atoms with Crippen LogP contribution in [0.5, 0.6) is 0 Å². The van der Waals surface area contributed by atoms with Crippen molar-refractivity contribution in [3.63, 3.8) is 0 Å². The van der Waals surface area contributed by atoms with Crippen molar-refractivity contribution in [3.05, 3.63) is 58.8 Å². The summed E-state index contributed by atoms with van der Waals surface area (Å²) in [5.74, 6) is 0. The van der Waals surface area contributed by atoms with Gasteiger partial charge in [-0.15, -0.1) is 0 Å². The molecule has 2 aromatic heterocycles. The van der Waals surface area contributed by atoms with E-state index in [1.54, 1.807) is 42.7 Å². The van der Waals surface area contributed by atoms with Crippen molar-refractivity contribution in [1.82, 2.24) is 14.5 Å².